The molecule has 1 heterocycles. The molecule has 3 rings (SSSR count). The predicted molar refractivity (Wildman–Crippen MR) is 103 cm³/mol. The minimum absolute atomic E-state index is 0.183. The summed E-state index contributed by atoms with van der Waals surface area (Å²) in [5, 5.41) is 2.90. The second-order valence-corrected chi connectivity index (χ2v) is 7.71. The molecule has 6 heteroatoms. The molecular weight excluding hydrogens is 342 g/mol. The highest BCUT2D eigenvalue weighted by Crippen LogP contribution is 2.39. The lowest BCUT2D eigenvalue weighted by Crippen LogP contribution is -2.49. The number of rotatable bonds is 5. The van der Waals surface area contributed by atoms with Crippen molar-refractivity contribution in [3.8, 4) is 0 Å². The summed E-state index contributed by atoms with van der Waals surface area (Å²) in [6, 6.07) is 7.55. The topological polar surface area (TPSA) is 69.7 Å². The van der Waals surface area contributed by atoms with Gasteiger partial charge in [0.05, 0.1) is 6.04 Å². The third kappa shape index (κ3) is 3.57. The van der Waals surface area contributed by atoms with Crippen molar-refractivity contribution in [3.63, 3.8) is 0 Å². The molecule has 4 amide bonds. The maximum absolute atomic E-state index is 12.9. The summed E-state index contributed by atoms with van der Waals surface area (Å²) in [5.74, 6) is -0.533. The Morgan fingerprint density at radius 2 is 1.78 bits per heavy atom. The fourth-order valence-electron chi connectivity index (χ4n) is 4.23. The lowest BCUT2D eigenvalue weighted by Gasteiger charge is -2.35. The summed E-state index contributed by atoms with van der Waals surface area (Å²) in [7, 11) is 1.68. The Kier molecular flexibility index (Phi) is 5.53. The molecule has 1 unspecified atom stereocenters. The standard InChI is InChI=1S/C21H29N3O3/c1-4-16-8-10-17(11-9-16)15(2)22-18(25)14-24-19(26)21(23(3)20(24)27)12-6-5-7-13-21/h8-11,15H,4-7,12-14H2,1-3H3,(H,22,25). The van der Waals surface area contributed by atoms with Crippen LogP contribution in [0.25, 0.3) is 0 Å². The van der Waals surface area contributed by atoms with E-state index in [1.54, 1.807) is 11.9 Å². The SMILES string of the molecule is CCc1ccc(C(C)NC(=O)CN2C(=O)N(C)C3(CCCCC3)C2=O)cc1. The molecule has 1 aromatic rings. The minimum Gasteiger partial charge on any atom is -0.348 e. The molecule has 146 valence electrons. The average molecular weight is 371 g/mol. The van der Waals surface area contributed by atoms with Gasteiger partial charge >= 0.3 is 6.03 Å². The fourth-order valence-corrected chi connectivity index (χ4v) is 4.23. The summed E-state index contributed by atoms with van der Waals surface area (Å²) in [5.41, 5.74) is 1.50. The molecular formula is C21H29N3O3. The number of amides is 4. The van der Waals surface area contributed by atoms with Crippen LogP contribution in [0.1, 0.15) is 63.1 Å². The number of aryl methyl sites for hydroxylation is 1. The number of imide groups is 1. The van der Waals surface area contributed by atoms with E-state index >= 15 is 0 Å². The molecule has 0 radical (unpaired) electrons. The van der Waals surface area contributed by atoms with Crippen LogP contribution in [0.5, 0.6) is 0 Å². The maximum atomic E-state index is 12.9. The Morgan fingerprint density at radius 3 is 2.37 bits per heavy atom. The monoisotopic (exact) mass is 371 g/mol. The average Bonchev–Trinajstić information content (AvgIpc) is 2.85. The minimum atomic E-state index is -0.739. The van der Waals surface area contributed by atoms with Gasteiger partial charge in [0.2, 0.25) is 5.91 Å². The lowest BCUT2D eigenvalue weighted by molar-refractivity contribution is -0.137. The summed E-state index contributed by atoms with van der Waals surface area (Å²) in [4.78, 5) is 40.7. The van der Waals surface area contributed by atoms with E-state index in [-0.39, 0.29) is 30.4 Å². The van der Waals surface area contributed by atoms with Crippen molar-refractivity contribution in [3.05, 3.63) is 35.4 Å². The first-order valence-electron chi connectivity index (χ1n) is 9.87. The highest BCUT2D eigenvalue weighted by molar-refractivity contribution is 6.08. The Labute approximate surface area is 160 Å². The van der Waals surface area contributed by atoms with Crippen LogP contribution in [-0.4, -0.2) is 46.8 Å². The second kappa shape index (κ2) is 7.71. The van der Waals surface area contributed by atoms with Gasteiger partial charge in [0, 0.05) is 7.05 Å². The number of likely N-dealkylation sites (N-methyl/N-ethyl adjacent to an activating group) is 1. The number of urea groups is 1. The Balaban J connectivity index is 1.64. The molecule has 1 aliphatic heterocycles. The Bertz CT molecular complexity index is 723. The summed E-state index contributed by atoms with van der Waals surface area (Å²) >= 11 is 0. The summed E-state index contributed by atoms with van der Waals surface area (Å²) in [6.07, 6.45) is 5.31. The van der Waals surface area contributed by atoms with E-state index in [2.05, 4.69) is 12.2 Å². The number of hydrogen-bond acceptors (Lipinski definition) is 3. The van der Waals surface area contributed by atoms with E-state index in [9.17, 15) is 14.4 Å². The van der Waals surface area contributed by atoms with Gasteiger partial charge in [-0.2, -0.15) is 0 Å². The molecule has 1 N–H and O–H groups in total. The second-order valence-electron chi connectivity index (χ2n) is 7.71. The van der Waals surface area contributed by atoms with E-state index in [0.29, 0.717) is 12.8 Å². The quantitative estimate of drug-likeness (QED) is 0.809. The molecule has 1 aromatic carbocycles. The van der Waals surface area contributed by atoms with Crippen molar-refractivity contribution in [1.82, 2.24) is 15.1 Å². The zero-order valence-corrected chi connectivity index (χ0v) is 16.5. The van der Waals surface area contributed by atoms with Crippen molar-refractivity contribution in [1.29, 1.82) is 0 Å². The zero-order valence-electron chi connectivity index (χ0n) is 16.5. The van der Waals surface area contributed by atoms with Gasteiger partial charge in [-0.3, -0.25) is 14.5 Å². The fraction of sp³-hybridized carbons (Fsp3) is 0.571. The predicted octanol–water partition coefficient (Wildman–Crippen LogP) is 3.02. The van der Waals surface area contributed by atoms with Crippen LogP contribution >= 0.6 is 0 Å². The van der Waals surface area contributed by atoms with Gasteiger partial charge in [0.15, 0.2) is 0 Å². The maximum Gasteiger partial charge on any atom is 0.327 e. The Hall–Kier alpha value is -2.37. The molecule has 27 heavy (non-hydrogen) atoms. The zero-order chi connectivity index (χ0) is 19.6. The molecule has 1 spiro atoms. The van der Waals surface area contributed by atoms with E-state index in [0.717, 1.165) is 36.1 Å². The summed E-state index contributed by atoms with van der Waals surface area (Å²) < 4.78 is 0. The van der Waals surface area contributed by atoms with Crippen molar-refractivity contribution in [2.45, 2.75) is 64.0 Å². The van der Waals surface area contributed by atoms with E-state index in [1.165, 1.54) is 5.56 Å². The van der Waals surface area contributed by atoms with Crippen molar-refractivity contribution in [2.24, 2.45) is 0 Å². The number of benzene rings is 1. The van der Waals surface area contributed by atoms with Gasteiger partial charge in [0.1, 0.15) is 12.1 Å². The number of nitrogens with one attached hydrogen (secondary N) is 1. The number of carbonyl (C=O) groups is 3. The molecule has 1 saturated carbocycles. The molecule has 0 aromatic heterocycles. The van der Waals surface area contributed by atoms with E-state index < -0.39 is 5.54 Å². The van der Waals surface area contributed by atoms with Crippen LogP contribution in [0.2, 0.25) is 0 Å². The summed E-state index contributed by atoms with van der Waals surface area (Å²) in [6.45, 7) is 3.78. The molecule has 1 saturated heterocycles. The largest absolute Gasteiger partial charge is 0.348 e. The Morgan fingerprint density at radius 1 is 1.15 bits per heavy atom. The molecule has 1 aliphatic carbocycles. The van der Waals surface area contributed by atoms with Crippen molar-refractivity contribution < 1.29 is 14.4 Å². The van der Waals surface area contributed by atoms with E-state index in [4.69, 9.17) is 0 Å². The third-order valence-corrected chi connectivity index (χ3v) is 6.05. The highest BCUT2D eigenvalue weighted by atomic mass is 16.2. The van der Waals surface area contributed by atoms with Gasteiger partial charge < -0.3 is 10.2 Å². The van der Waals surface area contributed by atoms with Gasteiger partial charge in [-0.15, -0.1) is 0 Å². The van der Waals surface area contributed by atoms with E-state index in [1.807, 2.05) is 31.2 Å². The van der Waals surface area contributed by atoms with Crippen LogP contribution in [0.4, 0.5) is 4.79 Å². The van der Waals surface area contributed by atoms with Crippen LogP contribution in [0, 0.1) is 0 Å². The van der Waals surface area contributed by atoms with Crippen molar-refractivity contribution >= 4 is 17.8 Å². The first-order valence-corrected chi connectivity index (χ1v) is 9.87. The molecule has 0 bridgehead atoms. The highest BCUT2D eigenvalue weighted by Gasteiger charge is 2.55. The molecule has 1 atom stereocenters. The first-order chi connectivity index (χ1) is 12.9. The number of carbonyl (C=O) groups excluding carboxylic acids is 3. The smallest absolute Gasteiger partial charge is 0.327 e. The molecule has 2 fully saturated rings. The van der Waals surface area contributed by atoms with Crippen LogP contribution < -0.4 is 5.32 Å². The van der Waals surface area contributed by atoms with Gasteiger partial charge in [-0.25, -0.2) is 4.79 Å². The normalized spacial score (nSPS) is 20.3. The third-order valence-electron chi connectivity index (χ3n) is 6.05. The number of hydrogen-bond donors (Lipinski definition) is 1. The number of nitrogens with zero attached hydrogens (tertiary/aromatic N) is 2. The van der Waals surface area contributed by atoms with Crippen LogP contribution in [0.15, 0.2) is 24.3 Å². The van der Waals surface area contributed by atoms with Crippen molar-refractivity contribution in [2.75, 3.05) is 13.6 Å². The van der Waals surface area contributed by atoms with Gasteiger partial charge in [-0.05, 0) is 37.3 Å². The first kappa shape index (κ1) is 19.4. The molecule has 6 nitrogen and oxygen atoms in total. The van der Waals surface area contributed by atoms with Crippen LogP contribution in [-0.2, 0) is 16.0 Å². The molecule has 2 aliphatic rings. The lowest BCUT2D eigenvalue weighted by atomic mass is 9.81. The van der Waals surface area contributed by atoms with Gasteiger partial charge in [0.25, 0.3) is 5.91 Å². The van der Waals surface area contributed by atoms with Crippen LogP contribution in [0.3, 0.4) is 0 Å². The van der Waals surface area contributed by atoms with Gasteiger partial charge in [-0.1, -0.05) is 50.5 Å².